The van der Waals surface area contributed by atoms with Crippen LogP contribution in [-0.2, 0) is 6.54 Å². The van der Waals surface area contributed by atoms with Crippen LogP contribution in [0.5, 0.6) is 0 Å². The molecule has 17 heavy (non-hydrogen) atoms. The number of nitrogens with one attached hydrogen (secondary N) is 2. The molecule has 0 bridgehead atoms. The highest BCUT2D eigenvalue weighted by molar-refractivity contribution is 9.10. The van der Waals surface area contributed by atoms with Gasteiger partial charge in [-0.1, -0.05) is 6.07 Å². The molecule has 5 heteroatoms. The average Bonchev–Trinajstić information content (AvgIpc) is 2.71. The number of benzene rings is 1. The zero-order valence-electron chi connectivity index (χ0n) is 9.75. The van der Waals surface area contributed by atoms with E-state index in [2.05, 4.69) is 62.1 Å². The van der Waals surface area contributed by atoms with Gasteiger partial charge >= 0.3 is 0 Å². The summed E-state index contributed by atoms with van der Waals surface area (Å²) in [4.78, 5) is 4.48. The van der Waals surface area contributed by atoms with Crippen LogP contribution in [0.15, 0.2) is 28.1 Å². The normalized spacial score (nSPS) is 10.5. The molecular formula is C12H14BrN3S. The Balaban J connectivity index is 2.13. The van der Waals surface area contributed by atoms with E-state index in [0.29, 0.717) is 0 Å². The molecule has 0 saturated heterocycles. The van der Waals surface area contributed by atoms with Crippen LogP contribution >= 0.6 is 27.3 Å². The van der Waals surface area contributed by atoms with Crippen LogP contribution in [0.2, 0.25) is 0 Å². The average molecular weight is 312 g/mol. The topological polar surface area (TPSA) is 37.0 Å². The molecule has 0 saturated carbocycles. The number of rotatable bonds is 4. The second-order valence-electron chi connectivity index (χ2n) is 3.78. The summed E-state index contributed by atoms with van der Waals surface area (Å²) >= 11 is 5.16. The predicted octanol–water partition coefficient (Wildman–Crippen LogP) is 3.68. The Bertz CT molecular complexity index is 510. The van der Waals surface area contributed by atoms with Gasteiger partial charge in [-0.25, -0.2) is 4.98 Å². The van der Waals surface area contributed by atoms with Crippen molar-refractivity contribution in [1.29, 1.82) is 0 Å². The number of aromatic nitrogens is 1. The fraction of sp³-hybridized carbons (Fsp3) is 0.250. The van der Waals surface area contributed by atoms with Crippen LogP contribution in [0, 0.1) is 6.92 Å². The SMILES string of the molecule is CNCc1csc(Nc2ccc(C)cc2Br)n1. The van der Waals surface area contributed by atoms with Crippen LogP contribution in [0.1, 0.15) is 11.3 Å². The number of anilines is 2. The van der Waals surface area contributed by atoms with Crippen LogP contribution in [0.3, 0.4) is 0 Å². The summed E-state index contributed by atoms with van der Waals surface area (Å²) in [5.41, 5.74) is 3.33. The molecular weight excluding hydrogens is 298 g/mol. The number of hydrogen-bond acceptors (Lipinski definition) is 4. The minimum Gasteiger partial charge on any atom is -0.331 e. The number of thiazole rings is 1. The van der Waals surface area contributed by atoms with Crippen LogP contribution < -0.4 is 10.6 Å². The quantitative estimate of drug-likeness (QED) is 0.904. The second kappa shape index (κ2) is 5.62. The van der Waals surface area contributed by atoms with Crippen LogP contribution in [0.4, 0.5) is 10.8 Å². The Morgan fingerprint density at radius 1 is 1.41 bits per heavy atom. The molecule has 2 rings (SSSR count). The largest absolute Gasteiger partial charge is 0.331 e. The lowest BCUT2D eigenvalue weighted by Crippen LogP contribution is -2.05. The van der Waals surface area contributed by atoms with Crippen LogP contribution in [-0.4, -0.2) is 12.0 Å². The van der Waals surface area contributed by atoms with Crippen molar-refractivity contribution < 1.29 is 0 Å². The van der Waals surface area contributed by atoms with Gasteiger partial charge in [0, 0.05) is 16.4 Å². The van der Waals surface area contributed by atoms with Gasteiger partial charge in [0.1, 0.15) is 0 Å². The van der Waals surface area contributed by atoms with Gasteiger partial charge in [-0.05, 0) is 47.6 Å². The molecule has 0 spiro atoms. The number of hydrogen-bond donors (Lipinski definition) is 2. The van der Waals surface area contributed by atoms with Gasteiger partial charge in [-0.15, -0.1) is 11.3 Å². The molecule has 3 nitrogen and oxygen atoms in total. The van der Waals surface area contributed by atoms with Crippen molar-refractivity contribution >= 4 is 38.1 Å². The third-order valence-corrected chi connectivity index (χ3v) is 3.74. The molecule has 0 unspecified atom stereocenters. The smallest absolute Gasteiger partial charge is 0.187 e. The maximum Gasteiger partial charge on any atom is 0.187 e. The highest BCUT2D eigenvalue weighted by atomic mass is 79.9. The van der Waals surface area contributed by atoms with Gasteiger partial charge in [0.15, 0.2) is 5.13 Å². The van der Waals surface area contributed by atoms with Gasteiger partial charge in [0.25, 0.3) is 0 Å². The second-order valence-corrected chi connectivity index (χ2v) is 5.50. The minimum absolute atomic E-state index is 0.799. The Labute approximate surface area is 113 Å². The fourth-order valence-corrected chi connectivity index (χ4v) is 2.78. The first-order chi connectivity index (χ1) is 8.19. The van der Waals surface area contributed by atoms with Crippen molar-refractivity contribution in [3.05, 3.63) is 39.3 Å². The first kappa shape index (κ1) is 12.5. The highest BCUT2D eigenvalue weighted by Gasteiger charge is 2.04. The van der Waals surface area contributed by atoms with Gasteiger partial charge in [-0.3, -0.25) is 0 Å². The molecule has 0 amide bonds. The Hall–Kier alpha value is -0.910. The molecule has 1 aromatic carbocycles. The summed E-state index contributed by atoms with van der Waals surface area (Å²) < 4.78 is 1.06. The van der Waals surface area contributed by atoms with E-state index in [0.717, 1.165) is 27.5 Å². The summed E-state index contributed by atoms with van der Waals surface area (Å²) in [6, 6.07) is 6.22. The number of aryl methyl sites for hydroxylation is 1. The van der Waals surface area contributed by atoms with Crippen molar-refractivity contribution in [1.82, 2.24) is 10.3 Å². The molecule has 1 aromatic heterocycles. The van der Waals surface area contributed by atoms with E-state index in [-0.39, 0.29) is 0 Å². The van der Waals surface area contributed by atoms with Gasteiger partial charge < -0.3 is 10.6 Å². The molecule has 0 radical (unpaired) electrons. The lowest BCUT2D eigenvalue weighted by atomic mass is 10.2. The van der Waals surface area contributed by atoms with Crippen molar-refractivity contribution in [2.24, 2.45) is 0 Å². The third-order valence-electron chi connectivity index (χ3n) is 2.28. The predicted molar refractivity (Wildman–Crippen MR) is 77.0 cm³/mol. The Morgan fingerprint density at radius 3 is 2.94 bits per heavy atom. The van der Waals surface area contributed by atoms with E-state index in [1.807, 2.05) is 7.05 Å². The minimum atomic E-state index is 0.799. The van der Waals surface area contributed by atoms with E-state index in [9.17, 15) is 0 Å². The molecule has 0 aliphatic rings. The summed E-state index contributed by atoms with van der Waals surface area (Å²) in [6.45, 7) is 2.87. The zero-order valence-corrected chi connectivity index (χ0v) is 12.2. The molecule has 0 aliphatic heterocycles. The van der Waals surface area contributed by atoms with Crippen molar-refractivity contribution in [2.75, 3.05) is 12.4 Å². The van der Waals surface area contributed by atoms with Crippen molar-refractivity contribution in [3.63, 3.8) is 0 Å². The van der Waals surface area contributed by atoms with Crippen molar-refractivity contribution in [2.45, 2.75) is 13.5 Å². The summed E-state index contributed by atoms with van der Waals surface area (Å²) in [5.74, 6) is 0. The first-order valence-electron chi connectivity index (χ1n) is 5.31. The lowest BCUT2D eigenvalue weighted by molar-refractivity contribution is 0.798. The summed E-state index contributed by atoms with van der Waals surface area (Å²) in [7, 11) is 1.92. The Kier molecular flexibility index (Phi) is 4.15. The maximum absolute atomic E-state index is 4.48. The first-order valence-corrected chi connectivity index (χ1v) is 6.98. The Morgan fingerprint density at radius 2 is 2.24 bits per heavy atom. The maximum atomic E-state index is 4.48. The molecule has 0 atom stereocenters. The van der Waals surface area contributed by atoms with Crippen molar-refractivity contribution in [3.8, 4) is 0 Å². The van der Waals surface area contributed by atoms with Crippen LogP contribution in [0.25, 0.3) is 0 Å². The number of nitrogens with zero attached hydrogens (tertiary/aromatic N) is 1. The molecule has 0 aliphatic carbocycles. The van der Waals surface area contributed by atoms with E-state index < -0.39 is 0 Å². The standard InChI is InChI=1S/C12H14BrN3S/c1-8-3-4-11(10(13)5-8)16-12-15-9(6-14-2)7-17-12/h3-5,7,14H,6H2,1-2H3,(H,15,16). The van der Waals surface area contributed by atoms with E-state index >= 15 is 0 Å². The third kappa shape index (κ3) is 3.28. The number of halogens is 1. The monoisotopic (exact) mass is 311 g/mol. The van der Waals surface area contributed by atoms with E-state index in [4.69, 9.17) is 0 Å². The van der Waals surface area contributed by atoms with E-state index in [1.54, 1.807) is 11.3 Å². The summed E-state index contributed by atoms with van der Waals surface area (Å²) in [5, 5.41) is 9.37. The molecule has 2 aromatic rings. The summed E-state index contributed by atoms with van der Waals surface area (Å²) in [6.07, 6.45) is 0. The van der Waals surface area contributed by atoms with Gasteiger partial charge in [0.05, 0.1) is 11.4 Å². The lowest BCUT2D eigenvalue weighted by Gasteiger charge is -2.06. The van der Waals surface area contributed by atoms with Gasteiger partial charge in [0.2, 0.25) is 0 Å². The van der Waals surface area contributed by atoms with E-state index in [1.165, 1.54) is 5.56 Å². The highest BCUT2D eigenvalue weighted by Crippen LogP contribution is 2.28. The molecule has 2 N–H and O–H groups in total. The molecule has 1 heterocycles. The molecule has 90 valence electrons. The zero-order chi connectivity index (χ0) is 12.3. The molecule has 0 fully saturated rings. The van der Waals surface area contributed by atoms with Gasteiger partial charge in [-0.2, -0.15) is 0 Å². The fourth-order valence-electron chi connectivity index (χ4n) is 1.46.